The Morgan fingerprint density at radius 3 is 2.00 bits per heavy atom. The fraction of sp³-hybridized carbons (Fsp3) is 0.700. The summed E-state index contributed by atoms with van der Waals surface area (Å²) in [7, 11) is -1.76. The van der Waals surface area contributed by atoms with Gasteiger partial charge in [-0.15, -0.1) is 0 Å². The van der Waals surface area contributed by atoms with Crippen LogP contribution in [0.1, 0.15) is 62.8 Å². The molecule has 0 unspecified atom stereocenters. The van der Waals surface area contributed by atoms with Crippen molar-refractivity contribution < 1.29 is 24.2 Å². The van der Waals surface area contributed by atoms with Gasteiger partial charge in [0.1, 0.15) is 5.75 Å². The molecule has 1 aromatic carbocycles. The number of rotatable bonds is 4. The molecule has 1 spiro atoms. The Morgan fingerprint density at radius 2 is 1.42 bits per heavy atom. The molecule has 1 aliphatic heterocycles. The summed E-state index contributed by atoms with van der Waals surface area (Å²) in [5.74, 6) is 2.54. The average Bonchev–Trinajstić information content (AvgIpc) is 3.11. The molecular weight excluding hydrogens is 331 g/mol. The van der Waals surface area contributed by atoms with Crippen molar-refractivity contribution in [1.29, 1.82) is 0 Å². The lowest BCUT2D eigenvalue weighted by atomic mass is 9.69. The predicted octanol–water partition coefficient (Wildman–Crippen LogP) is 3.24. The summed E-state index contributed by atoms with van der Waals surface area (Å²) in [6.07, 6.45) is 9.70. The quantitative estimate of drug-likeness (QED) is 0.807. The van der Waals surface area contributed by atoms with Crippen molar-refractivity contribution in [3.8, 4) is 5.75 Å². The molecule has 6 heteroatoms. The van der Waals surface area contributed by atoms with Crippen LogP contribution in [0, 0.1) is 11.8 Å². The third-order valence-corrected chi connectivity index (χ3v) is 6.64. The maximum Gasteiger partial charge on any atom is 0.707 e. The lowest BCUT2D eigenvalue weighted by Crippen LogP contribution is -2.37. The van der Waals surface area contributed by atoms with Gasteiger partial charge in [-0.05, 0) is 74.0 Å². The van der Waals surface area contributed by atoms with E-state index < -0.39 is 7.32 Å². The van der Waals surface area contributed by atoms with E-state index in [1.807, 2.05) is 12.1 Å². The molecule has 2 saturated carbocycles. The van der Waals surface area contributed by atoms with E-state index in [1.54, 1.807) is 0 Å². The first kappa shape index (κ1) is 18.3. The van der Waals surface area contributed by atoms with Crippen LogP contribution in [0.3, 0.4) is 0 Å². The van der Waals surface area contributed by atoms with Crippen LogP contribution in [0.4, 0.5) is 0 Å². The van der Waals surface area contributed by atoms with Crippen molar-refractivity contribution in [2.45, 2.75) is 63.1 Å². The maximum absolute atomic E-state index is 8.86. The van der Waals surface area contributed by atoms with Gasteiger partial charge in [-0.25, -0.2) is 0 Å². The van der Waals surface area contributed by atoms with E-state index in [0.29, 0.717) is 11.7 Å². The van der Waals surface area contributed by atoms with Crippen LogP contribution in [0.5, 0.6) is 5.75 Å². The lowest BCUT2D eigenvalue weighted by molar-refractivity contribution is -0.185. The van der Waals surface area contributed by atoms with Gasteiger partial charge >= 0.3 is 7.32 Å². The second-order valence-corrected chi connectivity index (χ2v) is 8.07. The Bertz CT molecular complexity index is 566. The molecule has 5 nitrogen and oxygen atoms in total. The van der Waals surface area contributed by atoms with Gasteiger partial charge in [-0.2, -0.15) is 0 Å². The molecule has 0 radical (unpaired) electrons. The molecule has 3 aliphatic rings. The minimum Gasteiger partial charge on any atom is -0.512 e. The monoisotopic (exact) mass is 360 g/mol. The van der Waals surface area contributed by atoms with Crippen LogP contribution in [0.2, 0.25) is 0 Å². The summed E-state index contributed by atoms with van der Waals surface area (Å²) in [6, 6.07) is 7.76. The van der Waals surface area contributed by atoms with E-state index in [0.717, 1.165) is 37.9 Å². The van der Waals surface area contributed by atoms with Crippen molar-refractivity contribution in [3.63, 3.8) is 0 Å². The first-order valence-electron chi connectivity index (χ1n) is 10.0. The highest BCUT2D eigenvalue weighted by molar-refractivity contribution is 6.33. The molecular formula is C20H29BO5. The molecule has 2 aliphatic carbocycles. The van der Waals surface area contributed by atoms with Crippen molar-refractivity contribution in [3.05, 3.63) is 29.8 Å². The highest BCUT2D eigenvalue weighted by Gasteiger charge is 2.42. The van der Waals surface area contributed by atoms with Crippen molar-refractivity contribution in [2.24, 2.45) is 11.8 Å². The molecule has 0 amide bonds. The predicted molar refractivity (Wildman–Crippen MR) is 98.6 cm³/mol. The molecule has 0 atom stereocenters. The number of ether oxygens (including phenoxy) is 2. The summed E-state index contributed by atoms with van der Waals surface area (Å²) in [5.41, 5.74) is 1.33. The highest BCUT2D eigenvalue weighted by Crippen LogP contribution is 2.46. The summed E-state index contributed by atoms with van der Waals surface area (Å²) < 4.78 is 16.6. The van der Waals surface area contributed by atoms with Crippen LogP contribution < -0.4 is 4.65 Å². The van der Waals surface area contributed by atoms with E-state index in [1.165, 1.54) is 44.1 Å². The number of benzene rings is 1. The van der Waals surface area contributed by atoms with E-state index in [2.05, 4.69) is 12.1 Å². The third-order valence-electron chi connectivity index (χ3n) is 6.64. The third kappa shape index (κ3) is 4.09. The highest BCUT2D eigenvalue weighted by atomic mass is 16.7. The summed E-state index contributed by atoms with van der Waals surface area (Å²) in [6.45, 7) is 1.52. The Labute approximate surface area is 155 Å². The van der Waals surface area contributed by atoms with Crippen LogP contribution in [0.15, 0.2) is 24.3 Å². The van der Waals surface area contributed by atoms with Gasteiger partial charge in [0.05, 0.1) is 13.2 Å². The first-order chi connectivity index (χ1) is 12.6. The molecule has 0 aromatic heterocycles. The maximum atomic E-state index is 8.86. The Kier molecular flexibility index (Phi) is 5.55. The van der Waals surface area contributed by atoms with E-state index in [9.17, 15) is 0 Å². The van der Waals surface area contributed by atoms with Gasteiger partial charge in [0.15, 0.2) is 5.79 Å². The zero-order valence-electron chi connectivity index (χ0n) is 15.3. The van der Waals surface area contributed by atoms with Crippen molar-refractivity contribution in [1.82, 2.24) is 0 Å². The Hall–Kier alpha value is -1.08. The molecule has 3 fully saturated rings. The Morgan fingerprint density at radius 1 is 0.846 bits per heavy atom. The van der Waals surface area contributed by atoms with Gasteiger partial charge < -0.3 is 24.2 Å². The summed E-state index contributed by atoms with van der Waals surface area (Å²) in [4.78, 5) is 0. The largest absolute Gasteiger partial charge is 0.707 e. The minimum atomic E-state index is -1.76. The van der Waals surface area contributed by atoms with E-state index in [4.69, 9.17) is 24.2 Å². The number of hydrogen-bond acceptors (Lipinski definition) is 5. The second-order valence-electron chi connectivity index (χ2n) is 8.07. The van der Waals surface area contributed by atoms with Crippen molar-refractivity contribution >= 4 is 7.32 Å². The topological polar surface area (TPSA) is 68.2 Å². The lowest BCUT2D eigenvalue weighted by Gasteiger charge is -2.41. The SMILES string of the molecule is OB(O)Oc1ccc([C@H]2CC[C@H](C3CCC4(CC3)OCCO4)CC2)cc1. The van der Waals surface area contributed by atoms with Gasteiger partial charge in [-0.1, -0.05) is 12.1 Å². The number of hydrogen-bond donors (Lipinski definition) is 2. The zero-order valence-corrected chi connectivity index (χ0v) is 15.3. The summed E-state index contributed by atoms with van der Waals surface area (Å²) in [5, 5.41) is 17.7. The summed E-state index contributed by atoms with van der Waals surface area (Å²) >= 11 is 0. The van der Waals surface area contributed by atoms with E-state index in [-0.39, 0.29) is 5.79 Å². The molecule has 142 valence electrons. The molecule has 2 N–H and O–H groups in total. The molecule has 0 bridgehead atoms. The Balaban J connectivity index is 1.26. The molecule has 4 rings (SSSR count). The van der Waals surface area contributed by atoms with Crippen LogP contribution >= 0.6 is 0 Å². The normalized spacial score (nSPS) is 29.0. The van der Waals surface area contributed by atoms with Crippen LogP contribution in [0.25, 0.3) is 0 Å². The van der Waals surface area contributed by atoms with Gasteiger partial charge in [0.2, 0.25) is 0 Å². The van der Waals surface area contributed by atoms with Gasteiger partial charge in [-0.3, -0.25) is 0 Å². The molecule has 26 heavy (non-hydrogen) atoms. The van der Waals surface area contributed by atoms with Crippen LogP contribution in [-0.2, 0) is 9.47 Å². The van der Waals surface area contributed by atoms with Crippen molar-refractivity contribution in [2.75, 3.05) is 13.2 Å². The van der Waals surface area contributed by atoms with E-state index >= 15 is 0 Å². The standard InChI is InChI=1S/C20H29BO5/c22-21(23)26-19-7-5-17(6-8-19)15-1-3-16(4-2-15)18-9-11-20(12-10-18)24-13-14-25-20/h5-8,15-16,18,22-23H,1-4,9-14H2/t15-,16-. The van der Waals surface area contributed by atoms with Crippen LogP contribution in [-0.4, -0.2) is 36.4 Å². The van der Waals surface area contributed by atoms with Gasteiger partial charge in [0.25, 0.3) is 0 Å². The average molecular weight is 360 g/mol. The molecule has 1 heterocycles. The zero-order chi connectivity index (χ0) is 18.0. The fourth-order valence-electron chi connectivity index (χ4n) is 5.20. The van der Waals surface area contributed by atoms with Gasteiger partial charge in [0, 0.05) is 12.8 Å². The fourth-order valence-corrected chi connectivity index (χ4v) is 5.20. The molecule has 1 aromatic rings. The molecule has 1 saturated heterocycles. The minimum absolute atomic E-state index is 0.236. The first-order valence-corrected chi connectivity index (χ1v) is 10.0. The smallest absolute Gasteiger partial charge is 0.512 e. The second kappa shape index (κ2) is 7.89.